The van der Waals surface area contributed by atoms with Crippen molar-refractivity contribution in [1.29, 1.82) is 0 Å². The summed E-state index contributed by atoms with van der Waals surface area (Å²) in [6, 6.07) is 1.70. The third-order valence-electron chi connectivity index (χ3n) is 1.93. The van der Waals surface area contributed by atoms with Gasteiger partial charge < -0.3 is 15.0 Å². The Labute approximate surface area is 101 Å². The summed E-state index contributed by atoms with van der Waals surface area (Å²) in [6.45, 7) is 3.78. The third-order valence-corrected chi connectivity index (χ3v) is 1.93. The molecule has 0 aliphatic heterocycles. The minimum absolute atomic E-state index is 0.0268. The molecule has 1 amide bonds. The lowest BCUT2D eigenvalue weighted by Gasteiger charge is -2.12. The van der Waals surface area contributed by atoms with Gasteiger partial charge in [0.05, 0.1) is 6.10 Å². The van der Waals surface area contributed by atoms with Crippen LogP contribution >= 0.6 is 0 Å². The largest absolute Gasteiger partial charge is 0.369 e. The van der Waals surface area contributed by atoms with Crippen LogP contribution in [-0.2, 0) is 9.53 Å². The summed E-state index contributed by atoms with van der Waals surface area (Å²) in [7, 11) is 3.74. The standard InChI is InChI=1S/C11H18N4O2/c1-8(2)17-6-11(16)14-9-5-10(15(3)4)13-7-12-9/h5,7-8H,6H2,1-4H3,(H,12,13,14,16). The first-order chi connectivity index (χ1) is 7.99. The number of nitrogens with one attached hydrogen (secondary N) is 1. The smallest absolute Gasteiger partial charge is 0.251 e. The van der Waals surface area contributed by atoms with Crippen LogP contribution in [0.4, 0.5) is 11.6 Å². The molecule has 1 rings (SSSR count). The number of carbonyl (C=O) groups excluding carboxylic acids is 1. The van der Waals surface area contributed by atoms with Crippen molar-refractivity contribution >= 4 is 17.5 Å². The predicted molar refractivity (Wildman–Crippen MR) is 66.1 cm³/mol. The lowest BCUT2D eigenvalue weighted by molar-refractivity contribution is -0.121. The van der Waals surface area contributed by atoms with Crippen LogP contribution in [0.25, 0.3) is 0 Å². The maximum absolute atomic E-state index is 11.5. The fraction of sp³-hybridized carbons (Fsp3) is 0.545. The summed E-state index contributed by atoms with van der Waals surface area (Å²) < 4.78 is 5.19. The van der Waals surface area contributed by atoms with Crippen LogP contribution < -0.4 is 10.2 Å². The monoisotopic (exact) mass is 238 g/mol. The molecular weight excluding hydrogens is 220 g/mol. The number of aromatic nitrogens is 2. The van der Waals surface area contributed by atoms with Crippen molar-refractivity contribution in [2.24, 2.45) is 0 Å². The molecule has 0 aliphatic rings. The van der Waals surface area contributed by atoms with Crippen molar-refractivity contribution in [3.8, 4) is 0 Å². The Morgan fingerprint density at radius 3 is 2.76 bits per heavy atom. The lowest BCUT2D eigenvalue weighted by Crippen LogP contribution is -2.21. The molecule has 6 nitrogen and oxygen atoms in total. The number of carbonyl (C=O) groups is 1. The topological polar surface area (TPSA) is 67.3 Å². The average Bonchev–Trinajstić information content (AvgIpc) is 2.26. The van der Waals surface area contributed by atoms with Gasteiger partial charge in [-0.15, -0.1) is 0 Å². The quantitative estimate of drug-likeness (QED) is 0.825. The van der Waals surface area contributed by atoms with E-state index in [1.165, 1.54) is 6.33 Å². The molecule has 94 valence electrons. The van der Waals surface area contributed by atoms with Crippen molar-refractivity contribution in [1.82, 2.24) is 9.97 Å². The Hall–Kier alpha value is -1.69. The molecule has 1 N–H and O–H groups in total. The van der Waals surface area contributed by atoms with E-state index in [0.717, 1.165) is 5.82 Å². The van der Waals surface area contributed by atoms with Crippen molar-refractivity contribution in [2.75, 3.05) is 30.9 Å². The second kappa shape index (κ2) is 6.15. The van der Waals surface area contributed by atoms with Gasteiger partial charge in [0.25, 0.3) is 5.91 Å². The first-order valence-corrected chi connectivity index (χ1v) is 5.40. The fourth-order valence-corrected chi connectivity index (χ4v) is 1.08. The van der Waals surface area contributed by atoms with Gasteiger partial charge in [0.2, 0.25) is 0 Å². The minimum atomic E-state index is -0.220. The zero-order chi connectivity index (χ0) is 12.8. The SMILES string of the molecule is CC(C)OCC(=O)Nc1cc(N(C)C)ncn1. The summed E-state index contributed by atoms with van der Waals surface area (Å²) in [4.78, 5) is 21.3. The van der Waals surface area contributed by atoms with Gasteiger partial charge in [-0.05, 0) is 13.8 Å². The third kappa shape index (κ3) is 4.78. The predicted octanol–water partition coefficient (Wildman–Crippen LogP) is 0.906. The average molecular weight is 238 g/mol. The van der Waals surface area contributed by atoms with Gasteiger partial charge in [0.15, 0.2) is 0 Å². The zero-order valence-corrected chi connectivity index (χ0v) is 10.6. The second-order valence-corrected chi connectivity index (χ2v) is 4.06. The molecule has 1 aromatic rings. The molecule has 0 fully saturated rings. The first kappa shape index (κ1) is 13.4. The van der Waals surface area contributed by atoms with E-state index in [9.17, 15) is 4.79 Å². The highest BCUT2D eigenvalue weighted by molar-refractivity contribution is 5.91. The van der Waals surface area contributed by atoms with Crippen LogP contribution in [0.1, 0.15) is 13.8 Å². The molecule has 0 aliphatic carbocycles. The number of hydrogen-bond donors (Lipinski definition) is 1. The van der Waals surface area contributed by atoms with Crippen molar-refractivity contribution < 1.29 is 9.53 Å². The van der Waals surface area contributed by atoms with E-state index in [0.29, 0.717) is 5.82 Å². The molecule has 17 heavy (non-hydrogen) atoms. The fourth-order valence-electron chi connectivity index (χ4n) is 1.08. The van der Waals surface area contributed by atoms with Gasteiger partial charge in [-0.25, -0.2) is 9.97 Å². The molecule has 0 aromatic carbocycles. The molecule has 0 saturated carbocycles. The molecule has 0 bridgehead atoms. The number of anilines is 2. The Kier molecular flexibility index (Phi) is 4.84. The number of amides is 1. The number of hydrogen-bond acceptors (Lipinski definition) is 5. The minimum Gasteiger partial charge on any atom is -0.369 e. The maximum Gasteiger partial charge on any atom is 0.251 e. The lowest BCUT2D eigenvalue weighted by atomic mass is 10.4. The van der Waals surface area contributed by atoms with Gasteiger partial charge in [-0.1, -0.05) is 0 Å². The zero-order valence-electron chi connectivity index (χ0n) is 10.6. The first-order valence-electron chi connectivity index (χ1n) is 5.40. The van der Waals surface area contributed by atoms with Crippen molar-refractivity contribution in [2.45, 2.75) is 20.0 Å². The molecule has 0 spiro atoms. The van der Waals surface area contributed by atoms with Crippen LogP contribution in [0.5, 0.6) is 0 Å². The summed E-state index contributed by atoms with van der Waals surface area (Å²) >= 11 is 0. The van der Waals surface area contributed by atoms with Crippen LogP contribution in [0, 0.1) is 0 Å². The highest BCUT2D eigenvalue weighted by Crippen LogP contribution is 2.10. The highest BCUT2D eigenvalue weighted by atomic mass is 16.5. The van der Waals surface area contributed by atoms with Gasteiger partial charge >= 0.3 is 0 Å². The van der Waals surface area contributed by atoms with E-state index >= 15 is 0 Å². The second-order valence-electron chi connectivity index (χ2n) is 4.06. The van der Waals surface area contributed by atoms with Gasteiger partial charge in [-0.2, -0.15) is 0 Å². The van der Waals surface area contributed by atoms with E-state index in [2.05, 4.69) is 15.3 Å². The molecule has 6 heteroatoms. The van der Waals surface area contributed by atoms with E-state index < -0.39 is 0 Å². The molecule has 0 unspecified atom stereocenters. The van der Waals surface area contributed by atoms with Crippen molar-refractivity contribution in [3.05, 3.63) is 12.4 Å². The normalized spacial score (nSPS) is 10.4. The molecule has 0 radical (unpaired) electrons. The van der Waals surface area contributed by atoms with Crippen LogP contribution in [-0.4, -0.2) is 42.7 Å². The van der Waals surface area contributed by atoms with E-state index in [4.69, 9.17) is 4.74 Å². The summed E-state index contributed by atoms with van der Waals surface area (Å²) in [5.74, 6) is 0.989. The molecular formula is C11H18N4O2. The summed E-state index contributed by atoms with van der Waals surface area (Å²) in [5.41, 5.74) is 0. The number of rotatable bonds is 5. The van der Waals surface area contributed by atoms with Gasteiger partial charge in [0.1, 0.15) is 24.6 Å². The molecule has 1 heterocycles. The van der Waals surface area contributed by atoms with E-state index in [-0.39, 0.29) is 18.6 Å². The Balaban J connectivity index is 2.56. The van der Waals surface area contributed by atoms with Crippen LogP contribution in [0.15, 0.2) is 12.4 Å². The maximum atomic E-state index is 11.5. The van der Waals surface area contributed by atoms with Gasteiger partial charge in [0, 0.05) is 20.2 Å². The van der Waals surface area contributed by atoms with E-state index in [1.807, 2.05) is 32.8 Å². The number of ether oxygens (including phenoxy) is 1. The van der Waals surface area contributed by atoms with E-state index in [1.54, 1.807) is 6.07 Å². The Morgan fingerprint density at radius 2 is 2.18 bits per heavy atom. The molecule has 1 aromatic heterocycles. The van der Waals surface area contributed by atoms with Crippen molar-refractivity contribution in [3.63, 3.8) is 0 Å². The van der Waals surface area contributed by atoms with Crippen LogP contribution in [0.2, 0.25) is 0 Å². The van der Waals surface area contributed by atoms with Gasteiger partial charge in [-0.3, -0.25) is 4.79 Å². The molecule has 0 atom stereocenters. The number of nitrogens with zero attached hydrogens (tertiary/aromatic N) is 3. The Morgan fingerprint density at radius 1 is 1.47 bits per heavy atom. The summed E-state index contributed by atoms with van der Waals surface area (Å²) in [5, 5.41) is 2.65. The molecule has 0 saturated heterocycles. The summed E-state index contributed by atoms with van der Waals surface area (Å²) in [6.07, 6.45) is 1.44. The Bertz CT molecular complexity index is 379. The van der Waals surface area contributed by atoms with Crippen LogP contribution in [0.3, 0.4) is 0 Å². The highest BCUT2D eigenvalue weighted by Gasteiger charge is 2.06.